The standard InChI is InChI=1S/C16H18N2O2/c1-18(14-4-6-15(20-2)7-5-14)16(19)8-3-13-9-11-17-12-10-13/h4-7,9-12H,3,8H2,1-2H3. The molecule has 2 aromatic rings. The van der Waals surface area contributed by atoms with Gasteiger partial charge in [0.2, 0.25) is 5.91 Å². The first-order valence-corrected chi connectivity index (χ1v) is 6.50. The van der Waals surface area contributed by atoms with E-state index in [2.05, 4.69) is 4.98 Å². The molecule has 0 bridgehead atoms. The number of benzene rings is 1. The molecule has 2 rings (SSSR count). The SMILES string of the molecule is COc1ccc(N(C)C(=O)CCc2ccncc2)cc1. The Kier molecular flexibility index (Phi) is 4.71. The van der Waals surface area contributed by atoms with Crippen molar-refractivity contribution >= 4 is 11.6 Å². The summed E-state index contributed by atoms with van der Waals surface area (Å²) in [5, 5.41) is 0. The number of aromatic nitrogens is 1. The van der Waals surface area contributed by atoms with Crippen molar-refractivity contribution in [2.45, 2.75) is 12.8 Å². The molecule has 0 saturated carbocycles. The predicted molar refractivity (Wildman–Crippen MR) is 79.0 cm³/mol. The van der Waals surface area contributed by atoms with Crippen LogP contribution in [0.2, 0.25) is 0 Å². The van der Waals surface area contributed by atoms with Crippen molar-refractivity contribution in [3.8, 4) is 5.75 Å². The number of rotatable bonds is 5. The summed E-state index contributed by atoms with van der Waals surface area (Å²) >= 11 is 0. The molecule has 20 heavy (non-hydrogen) atoms. The van der Waals surface area contributed by atoms with Gasteiger partial charge >= 0.3 is 0 Å². The zero-order valence-corrected chi connectivity index (χ0v) is 11.7. The highest BCUT2D eigenvalue weighted by molar-refractivity contribution is 5.92. The number of aryl methyl sites for hydroxylation is 1. The number of ether oxygens (including phenoxy) is 1. The fourth-order valence-electron chi connectivity index (χ4n) is 1.92. The highest BCUT2D eigenvalue weighted by Gasteiger charge is 2.10. The van der Waals surface area contributed by atoms with E-state index in [4.69, 9.17) is 4.74 Å². The van der Waals surface area contributed by atoms with E-state index < -0.39 is 0 Å². The molecule has 0 aliphatic carbocycles. The van der Waals surface area contributed by atoms with Crippen LogP contribution in [0, 0.1) is 0 Å². The van der Waals surface area contributed by atoms with Gasteiger partial charge in [-0.05, 0) is 48.4 Å². The third-order valence-corrected chi connectivity index (χ3v) is 3.21. The van der Waals surface area contributed by atoms with Crippen LogP contribution >= 0.6 is 0 Å². The lowest BCUT2D eigenvalue weighted by Crippen LogP contribution is -2.26. The molecule has 0 N–H and O–H groups in total. The summed E-state index contributed by atoms with van der Waals surface area (Å²) in [4.78, 5) is 17.8. The maximum absolute atomic E-state index is 12.2. The molecule has 1 amide bonds. The van der Waals surface area contributed by atoms with Crippen molar-refractivity contribution < 1.29 is 9.53 Å². The van der Waals surface area contributed by atoms with Gasteiger partial charge in [0.1, 0.15) is 5.75 Å². The third-order valence-electron chi connectivity index (χ3n) is 3.21. The van der Waals surface area contributed by atoms with Crippen LogP contribution < -0.4 is 9.64 Å². The van der Waals surface area contributed by atoms with Crippen molar-refractivity contribution in [1.82, 2.24) is 4.98 Å². The van der Waals surface area contributed by atoms with Gasteiger partial charge in [-0.1, -0.05) is 0 Å². The monoisotopic (exact) mass is 270 g/mol. The molecule has 0 spiro atoms. The summed E-state index contributed by atoms with van der Waals surface area (Å²) < 4.78 is 5.11. The second kappa shape index (κ2) is 6.70. The van der Waals surface area contributed by atoms with E-state index in [1.165, 1.54) is 0 Å². The summed E-state index contributed by atoms with van der Waals surface area (Å²) in [6, 6.07) is 11.3. The van der Waals surface area contributed by atoms with Gasteiger partial charge in [-0.15, -0.1) is 0 Å². The molecule has 4 heteroatoms. The minimum atomic E-state index is 0.0898. The second-order valence-electron chi connectivity index (χ2n) is 4.51. The van der Waals surface area contributed by atoms with Crippen molar-refractivity contribution in [3.05, 3.63) is 54.4 Å². The van der Waals surface area contributed by atoms with Crippen LogP contribution in [0.1, 0.15) is 12.0 Å². The van der Waals surface area contributed by atoms with Crippen LogP contribution in [0.3, 0.4) is 0 Å². The first kappa shape index (κ1) is 14.1. The van der Waals surface area contributed by atoms with Gasteiger partial charge in [0.05, 0.1) is 7.11 Å². The Morgan fingerprint density at radius 1 is 1.15 bits per heavy atom. The quantitative estimate of drug-likeness (QED) is 0.839. The van der Waals surface area contributed by atoms with E-state index in [0.29, 0.717) is 6.42 Å². The Hall–Kier alpha value is -2.36. The van der Waals surface area contributed by atoms with Gasteiger partial charge in [0.15, 0.2) is 0 Å². The summed E-state index contributed by atoms with van der Waals surface area (Å²) in [7, 11) is 3.41. The van der Waals surface area contributed by atoms with Crippen molar-refractivity contribution in [3.63, 3.8) is 0 Å². The third kappa shape index (κ3) is 3.57. The first-order chi connectivity index (χ1) is 9.70. The smallest absolute Gasteiger partial charge is 0.227 e. The number of carbonyl (C=O) groups is 1. The second-order valence-corrected chi connectivity index (χ2v) is 4.51. The van der Waals surface area contributed by atoms with E-state index in [1.54, 1.807) is 31.5 Å². The Morgan fingerprint density at radius 3 is 2.40 bits per heavy atom. The number of methoxy groups -OCH3 is 1. The molecular formula is C16H18N2O2. The minimum absolute atomic E-state index is 0.0898. The zero-order valence-electron chi connectivity index (χ0n) is 11.7. The molecule has 104 valence electrons. The van der Waals surface area contributed by atoms with Crippen LogP contribution in [0.4, 0.5) is 5.69 Å². The van der Waals surface area contributed by atoms with Crippen LogP contribution in [0.25, 0.3) is 0 Å². The van der Waals surface area contributed by atoms with Gasteiger partial charge in [0, 0.05) is 31.5 Å². The number of hydrogen-bond acceptors (Lipinski definition) is 3. The van der Waals surface area contributed by atoms with Gasteiger partial charge in [0.25, 0.3) is 0 Å². The lowest BCUT2D eigenvalue weighted by Gasteiger charge is -2.17. The lowest BCUT2D eigenvalue weighted by molar-refractivity contribution is -0.118. The molecule has 0 aliphatic rings. The van der Waals surface area contributed by atoms with Crippen molar-refractivity contribution in [1.29, 1.82) is 0 Å². The minimum Gasteiger partial charge on any atom is -0.497 e. The van der Waals surface area contributed by atoms with Crippen LogP contribution in [-0.4, -0.2) is 25.0 Å². The van der Waals surface area contributed by atoms with Gasteiger partial charge < -0.3 is 9.64 Å². The molecule has 1 aromatic carbocycles. The van der Waals surface area contributed by atoms with E-state index in [1.807, 2.05) is 36.4 Å². The normalized spacial score (nSPS) is 10.1. The Morgan fingerprint density at radius 2 is 1.80 bits per heavy atom. The van der Waals surface area contributed by atoms with E-state index in [0.717, 1.165) is 23.4 Å². The van der Waals surface area contributed by atoms with Crippen molar-refractivity contribution in [2.75, 3.05) is 19.1 Å². The summed E-state index contributed by atoms with van der Waals surface area (Å²) in [5.74, 6) is 0.873. The first-order valence-electron chi connectivity index (χ1n) is 6.50. The van der Waals surface area contributed by atoms with Crippen LogP contribution in [0.5, 0.6) is 5.75 Å². The molecule has 0 unspecified atom stereocenters. The molecule has 1 aromatic heterocycles. The fourth-order valence-corrected chi connectivity index (χ4v) is 1.92. The Bertz CT molecular complexity index is 552. The van der Waals surface area contributed by atoms with E-state index >= 15 is 0 Å². The van der Waals surface area contributed by atoms with Crippen LogP contribution in [0.15, 0.2) is 48.8 Å². The number of amides is 1. The van der Waals surface area contributed by atoms with Gasteiger partial charge in [-0.3, -0.25) is 9.78 Å². The molecule has 0 atom stereocenters. The van der Waals surface area contributed by atoms with Crippen molar-refractivity contribution in [2.24, 2.45) is 0 Å². The Balaban J connectivity index is 1.94. The van der Waals surface area contributed by atoms with Gasteiger partial charge in [-0.2, -0.15) is 0 Å². The molecule has 4 nitrogen and oxygen atoms in total. The molecular weight excluding hydrogens is 252 g/mol. The predicted octanol–water partition coefficient (Wildman–Crippen LogP) is 2.69. The molecule has 0 saturated heterocycles. The average molecular weight is 270 g/mol. The average Bonchev–Trinajstić information content (AvgIpc) is 2.53. The number of pyridine rings is 1. The fraction of sp³-hybridized carbons (Fsp3) is 0.250. The summed E-state index contributed by atoms with van der Waals surface area (Å²) in [5.41, 5.74) is 1.99. The molecule has 1 heterocycles. The highest BCUT2D eigenvalue weighted by Crippen LogP contribution is 2.19. The maximum atomic E-state index is 12.2. The zero-order chi connectivity index (χ0) is 14.4. The number of hydrogen-bond donors (Lipinski definition) is 0. The summed E-state index contributed by atoms with van der Waals surface area (Å²) in [6.07, 6.45) is 4.69. The number of carbonyl (C=O) groups excluding carboxylic acids is 1. The Labute approximate surface area is 119 Å². The molecule has 0 fully saturated rings. The topological polar surface area (TPSA) is 42.4 Å². The largest absolute Gasteiger partial charge is 0.497 e. The van der Waals surface area contributed by atoms with Crippen LogP contribution in [-0.2, 0) is 11.2 Å². The van der Waals surface area contributed by atoms with E-state index in [9.17, 15) is 4.79 Å². The molecule has 0 radical (unpaired) electrons. The lowest BCUT2D eigenvalue weighted by atomic mass is 10.1. The maximum Gasteiger partial charge on any atom is 0.227 e. The highest BCUT2D eigenvalue weighted by atomic mass is 16.5. The number of anilines is 1. The van der Waals surface area contributed by atoms with Gasteiger partial charge in [-0.25, -0.2) is 0 Å². The molecule has 0 aliphatic heterocycles. The number of nitrogens with zero attached hydrogens (tertiary/aromatic N) is 2. The summed E-state index contributed by atoms with van der Waals surface area (Å²) in [6.45, 7) is 0. The van der Waals surface area contributed by atoms with E-state index in [-0.39, 0.29) is 5.91 Å².